The van der Waals surface area contributed by atoms with Gasteiger partial charge < -0.3 is 4.57 Å². The highest BCUT2D eigenvalue weighted by Gasteiger charge is 2.15. The van der Waals surface area contributed by atoms with Crippen LogP contribution in [0.3, 0.4) is 0 Å². The fourth-order valence-electron chi connectivity index (χ4n) is 2.54. The van der Waals surface area contributed by atoms with E-state index < -0.39 is 0 Å². The Morgan fingerprint density at radius 1 is 1.14 bits per heavy atom. The molecule has 2 aromatic heterocycles. The molecule has 0 bridgehead atoms. The first-order valence-corrected chi connectivity index (χ1v) is 8.06. The Balaban J connectivity index is 2.12. The Labute approximate surface area is 130 Å². The molecule has 0 N–H and O–H groups in total. The number of ketones is 1. The van der Waals surface area contributed by atoms with Crippen LogP contribution in [0.4, 0.5) is 0 Å². The zero-order chi connectivity index (χ0) is 15.6. The fraction of sp³-hybridized carbons (Fsp3) is 0.438. The number of aryl methyl sites for hydroxylation is 3. The number of nitrogens with zero attached hydrogens (tertiary/aromatic N) is 3. The smallest absolute Gasteiger partial charge is 0.188 e. The van der Waals surface area contributed by atoms with Crippen molar-refractivity contribution in [2.45, 2.75) is 46.3 Å². The number of Topliss-reactive ketones (excluding diaryl/α,β-unsaturated/α-hetero) is 1. The van der Waals surface area contributed by atoms with Crippen molar-refractivity contribution in [3.8, 4) is 0 Å². The van der Waals surface area contributed by atoms with Crippen molar-refractivity contribution < 1.29 is 4.79 Å². The van der Waals surface area contributed by atoms with Crippen LogP contribution in [-0.4, -0.2) is 26.1 Å². The Morgan fingerprint density at radius 3 is 2.29 bits per heavy atom. The molecule has 5 heteroatoms. The molecule has 0 fully saturated rings. The summed E-state index contributed by atoms with van der Waals surface area (Å²) in [6.07, 6.45) is 0. The van der Waals surface area contributed by atoms with Crippen molar-refractivity contribution >= 4 is 17.5 Å². The Morgan fingerprint density at radius 2 is 1.76 bits per heavy atom. The highest BCUT2D eigenvalue weighted by Crippen LogP contribution is 2.20. The van der Waals surface area contributed by atoms with Gasteiger partial charge in [0.1, 0.15) is 0 Å². The van der Waals surface area contributed by atoms with Crippen LogP contribution in [0.15, 0.2) is 17.3 Å². The van der Waals surface area contributed by atoms with E-state index in [0.717, 1.165) is 34.9 Å². The Kier molecular flexibility index (Phi) is 4.83. The van der Waals surface area contributed by atoms with Crippen molar-refractivity contribution in [3.63, 3.8) is 0 Å². The van der Waals surface area contributed by atoms with Crippen molar-refractivity contribution in [1.82, 2.24) is 14.5 Å². The molecule has 0 aromatic carbocycles. The lowest BCUT2D eigenvalue weighted by atomic mass is 10.2. The predicted molar refractivity (Wildman–Crippen MR) is 86.1 cm³/mol. The van der Waals surface area contributed by atoms with Gasteiger partial charge in [0.2, 0.25) is 0 Å². The van der Waals surface area contributed by atoms with E-state index in [4.69, 9.17) is 0 Å². The first kappa shape index (κ1) is 15.8. The molecule has 0 saturated heterocycles. The van der Waals surface area contributed by atoms with Crippen LogP contribution in [-0.2, 0) is 6.54 Å². The minimum atomic E-state index is 0.135. The molecular formula is C16H21N3OS. The van der Waals surface area contributed by atoms with E-state index in [1.165, 1.54) is 11.8 Å². The van der Waals surface area contributed by atoms with E-state index in [-0.39, 0.29) is 5.78 Å². The van der Waals surface area contributed by atoms with Crippen molar-refractivity contribution in [2.75, 3.05) is 5.75 Å². The zero-order valence-corrected chi connectivity index (χ0v) is 14.0. The zero-order valence-electron chi connectivity index (χ0n) is 13.2. The topological polar surface area (TPSA) is 47.8 Å². The summed E-state index contributed by atoms with van der Waals surface area (Å²) in [5, 5.41) is 0.671. The average molecular weight is 303 g/mol. The standard InChI is InChI=1S/C16H21N3OS/c1-6-19-12(4)8-14(13(19)5)15(20)9-21-16-17-10(2)7-11(3)18-16/h7-8H,6,9H2,1-5H3. The third-order valence-electron chi connectivity index (χ3n) is 3.48. The van der Waals surface area contributed by atoms with E-state index in [0.29, 0.717) is 10.9 Å². The maximum absolute atomic E-state index is 12.4. The first-order chi connectivity index (χ1) is 9.92. The Hall–Kier alpha value is -1.62. The lowest BCUT2D eigenvalue weighted by molar-refractivity contribution is 0.102. The van der Waals surface area contributed by atoms with Gasteiger partial charge in [-0.05, 0) is 46.8 Å². The van der Waals surface area contributed by atoms with Gasteiger partial charge in [-0.1, -0.05) is 11.8 Å². The van der Waals surface area contributed by atoms with Crippen LogP contribution in [0, 0.1) is 27.7 Å². The number of rotatable bonds is 5. The minimum Gasteiger partial charge on any atom is -0.349 e. The van der Waals surface area contributed by atoms with Gasteiger partial charge in [0.05, 0.1) is 5.75 Å². The van der Waals surface area contributed by atoms with Crippen LogP contribution < -0.4 is 0 Å². The normalized spacial score (nSPS) is 10.9. The molecule has 2 heterocycles. The molecular weight excluding hydrogens is 282 g/mol. The third-order valence-corrected chi connectivity index (χ3v) is 4.33. The maximum atomic E-state index is 12.4. The van der Waals surface area contributed by atoms with E-state index in [2.05, 4.69) is 21.5 Å². The highest BCUT2D eigenvalue weighted by atomic mass is 32.2. The monoisotopic (exact) mass is 303 g/mol. The minimum absolute atomic E-state index is 0.135. The summed E-state index contributed by atoms with van der Waals surface area (Å²) in [4.78, 5) is 21.1. The fourth-order valence-corrected chi connectivity index (χ4v) is 3.37. The molecule has 0 amide bonds. The molecule has 2 rings (SSSR count). The molecule has 0 radical (unpaired) electrons. The van der Waals surface area contributed by atoms with Crippen LogP contribution >= 0.6 is 11.8 Å². The molecule has 0 aliphatic carbocycles. The molecule has 0 aliphatic rings. The average Bonchev–Trinajstić information content (AvgIpc) is 2.70. The molecule has 21 heavy (non-hydrogen) atoms. The van der Waals surface area contributed by atoms with E-state index in [1.807, 2.05) is 39.8 Å². The summed E-state index contributed by atoms with van der Waals surface area (Å²) in [5.41, 5.74) is 4.85. The van der Waals surface area contributed by atoms with Gasteiger partial charge in [0.15, 0.2) is 10.9 Å². The van der Waals surface area contributed by atoms with Crippen molar-refractivity contribution in [2.24, 2.45) is 0 Å². The van der Waals surface area contributed by atoms with Gasteiger partial charge in [-0.3, -0.25) is 4.79 Å². The second-order valence-electron chi connectivity index (χ2n) is 5.17. The second kappa shape index (κ2) is 6.43. The number of carbonyl (C=O) groups excluding carboxylic acids is 1. The highest BCUT2D eigenvalue weighted by molar-refractivity contribution is 7.99. The van der Waals surface area contributed by atoms with Crippen LogP contribution in [0.1, 0.15) is 40.1 Å². The summed E-state index contributed by atoms with van der Waals surface area (Å²) in [7, 11) is 0. The van der Waals surface area contributed by atoms with Crippen molar-refractivity contribution in [1.29, 1.82) is 0 Å². The number of hydrogen-bond donors (Lipinski definition) is 0. The second-order valence-corrected chi connectivity index (χ2v) is 6.12. The molecule has 0 unspecified atom stereocenters. The third kappa shape index (κ3) is 3.53. The molecule has 0 saturated carbocycles. The predicted octanol–water partition coefficient (Wildman–Crippen LogP) is 3.51. The quantitative estimate of drug-likeness (QED) is 0.482. The summed E-state index contributed by atoms with van der Waals surface area (Å²) < 4.78 is 2.16. The number of thioether (sulfide) groups is 1. The van der Waals surface area contributed by atoms with Crippen molar-refractivity contribution in [3.05, 3.63) is 40.5 Å². The summed E-state index contributed by atoms with van der Waals surface area (Å²) >= 11 is 1.40. The summed E-state index contributed by atoms with van der Waals surface area (Å²) in [5.74, 6) is 0.507. The molecule has 2 aromatic rings. The van der Waals surface area contributed by atoms with Gasteiger partial charge in [-0.2, -0.15) is 0 Å². The Bertz CT molecular complexity index is 656. The molecule has 112 valence electrons. The van der Waals surface area contributed by atoms with Crippen LogP contribution in [0.25, 0.3) is 0 Å². The number of hydrogen-bond acceptors (Lipinski definition) is 4. The molecule has 0 atom stereocenters. The largest absolute Gasteiger partial charge is 0.349 e. The van der Waals surface area contributed by atoms with Gasteiger partial charge in [-0.15, -0.1) is 0 Å². The van der Waals surface area contributed by atoms with E-state index >= 15 is 0 Å². The number of aromatic nitrogens is 3. The first-order valence-electron chi connectivity index (χ1n) is 7.07. The summed E-state index contributed by atoms with van der Waals surface area (Å²) in [6.45, 7) is 10.9. The van der Waals surface area contributed by atoms with E-state index in [9.17, 15) is 4.79 Å². The molecule has 0 spiro atoms. The molecule has 4 nitrogen and oxygen atoms in total. The molecule has 0 aliphatic heterocycles. The van der Waals surface area contributed by atoms with Crippen LogP contribution in [0.5, 0.6) is 0 Å². The van der Waals surface area contributed by atoms with E-state index in [1.54, 1.807) is 0 Å². The lowest BCUT2D eigenvalue weighted by Crippen LogP contribution is -2.06. The van der Waals surface area contributed by atoms with Gasteiger partial charge in [0.25, 0.3) is 0 Å². The SMILES string of the molecule is CCn1c(C)cc(C(=O)CSc2nc(C)cc(C)n2)c1C. The maximum Gasteiger partial charge on any atom is 0.188 e. The van der Waals surface area contributed by atoms with Gasteiger partial charge >= 0.3 is 0 Å². The summed E-state index contributed by atoms with van der Waals surface area (Å²) in [6, 6.07) is 3.91. The lowest BCUT2D eigenvalue weighted by Gasteiger charge is -2.06. The van der Waals surface area contributed by atoms with Gasteiger partial charge in [-0.25, -0.2) is 9.97 Å². The number of carbonyl (C=O) groups is 1. The van der Waals surface area contributed by atoms with Crippen LogP contribution in [0.2, 0.25) is 0 Å². The van der Waals surface area contributed by atoms with Gasteiger partial charge in [0, 0.05) is 34.9 Å².